The fourth-order valence-electron chi connectivity index (χ4n) is 2.01. The van der Waals surface area contributed by atoms with Crippen molar-refractivity contribution >= 4 is 11.7 Å². The lowest BCUT2D eigenvalue weighted by atomic mass is 9.91. The Bertz CT molecular complexity index is 598. The summed E-state index contributed by atoms with van der Waals surface area (Å²) in [5.74, 6) is -0.262. The van der Waals surface area contributed by atoms with Crippen LogP contribution in [0.5, 0.6) is 5.75 Å². The van der Waals surface area contributed by atoms with E-state index < -0.39 is 11.5 Å². The maximum absolute atomic E-state index is 11.7. The first-order chi connectivity index (χ1) is 9.56. The van der Waals surface area contributed by atoms with Gasteiger partial charge in [-0.25, -0.2) is 4.79 Å². The number of aliphatic carboxylic acids is 1. The van der Waals surface area contributed by atoms with E-state index in [0.717, 1.165) is 0 Å². The van der Waals surface area contributed by atoms with Crippen LogP contribution in [0.1, 0.15) is 12.5 Å². The fraction of sp³-hybridized carbons (Fsp3) is 0.188. The molecule has 0 heterocycles. The van der Waals surface area contributed by atoms with Crippen LogP contribution in [-0.4, -0.2) is 18.2 Å². The summed E-state index contributed by atoms with van der Waals surface area (Å²) in [6.45, 7) is 1.64. The summed E-state index contributed by atoms with van der Waals surface area (Å²) in [7, 11) is 1.58. The molecule has 0 spiro atoms. The highest BCUT2D eigenvalue weighted by Crippen LogP contribution is 2.28. The molecule has 0 fully saturated rings. The highest BCUT2D eigenvalue weighted by molar-refractivity contribution is 5.84. The number of benzene rings is 2. The molecule has 0 aliphatic rings. The predicted molar refractivity (Wildman–Crippen MR) is 78.0 cm³/mol. The smallest absolute Gasteiger partial charge is 0.333 e. The van der Waals surface area contributed by atoms with E-state index >= 15 is 0 Å². The van der Waals surface area contributed by atoms with Crippen LogP contribution in [0.3, 0.4) is 0 Å². The Balaban J connectivity index is 2.37. The molecular weight excluding hydrogens is 254 g/mol. The molecular formula is C16H17NO3. The lowest BCUT2D eigenvalue weighted by Crippen LogP contribution is -2.40. The minimum absolute atomic E-state index is 0.677. The van der Waals surface area contributed by atoms with Crippen LogP contribution in [0.25, 0.3) is 0 Å². The Kier molecular flexibility index (Phi) is 3.94. The second-order valence-corrected chi connectivity index (χ2v) is 4.65. The van der Waals surface area contributed by atoms with E-state index in [-0.39, 0.29) is 0 Å². The van der Waals surface area contributed by atoms with Crippen LogP contribution in [0.2, 0.25) is 0 Å². The molecule has 1 unspecified atom stereocenters. The molecule has 0 saturated carbocycles. The number of carboxylic acids is 1. The SMILES string of the molecule is COc1cccc(NC(C)(C(=O)O)c2ccccc2)c1. The summed E-state index contributed by atoms with van der Waals surface area (Å²) >= 11 is 0. The Morgan fingerprint density at radius 3 is 2.45 bits per heavy atom. The number of methoxy groups -OCH3 is 1. The summed E-state index contributed by atoms with van der Waals surface area (Å²) in [4.78, 5) is 11.7. The topological polar surface area (TPSA) is 58.6 Å². The second kappa shape index (κ2) is 5.65. The summed E-state index contributed by atoms with van der Waals surface area (Å²) < 4.78 is 5.15. The molecule has 2 N–H and O–H groups in total. The number of ether oxygens (including phenoxy) is 1. The maximum atomic E-state index is 11.7. The van der Waals surface area contributed by atoms with Gasteiger partial charge in [-0.15, -0.1) is 0 Å². The second-order valence-electron chi connectivity index (χ2n) is 4.65. The number of hydrogen-bond donors (Lipinski definition) is 2. The van der Waals surface area contributed by atoms with Crippen molar-refractivity contribution in [2.24, 2.45) is 0 Å². The average Bonchev–Trinajstić information content (AvgIpc) is 2.48. The monoisotopic (exact) mass is 271 g/mol. The highest BCUT2D eigenvalue weighted by atomic mass is 16.5. The standard InChI is InChI=1S/C16H17NO3/c1-16(15(18)19,12-7-4-3-5-8-12)17-13-9-6-10-14(11-13)20-2/h3-11,17H,1-2H3,(H,18,19). The van der Waals surface area contributed by atoms with Crippen molar-refractivity contribution in [2.75, 3.05) is 12.4 Å². The summed E-state index contributed by atoms with van der Waals surface area (Å²) in [5, 5.41) is 12.6. The predicted octanol–water partition coefficient (Wildman–Crippen LogP) is 3.11. The van der Waals surface area contributed by atoms with Gasteiger partial charge in [0.05, 0.1) is 7.11 Å². The number of carboxylic acid groups (broad SMARTS) is 1. The van der Waals surface area contributed by atoms with Gasteiger partial charge < -0.3 is 15.2 Å². The van der Waals surface area contributed by atoms with Gasteiger partial charge in [0.25, 0.3) is 0 Å². The van der Waals surface area contributed by atoms with Gasteiger partial charge in [-0.05, 0) is 24.6 Å². The Hall–Kier alpha value is -2.49. The van der Waals surface area contributed by atoms with Crippen molar-refractivity contribution in [1.82, 2.24) is 0 Å². The van der Waals surface area contributed by atoms with Crippen molar-refractivity contribution in [3.63, 3.8) is 0 Å². The van der Waals surface area contributed by atoms with Crippen molar-refractivity contribution in [3.8, 4) is 5.75 Å². The van der Waals surface area contributed by atoms with E-state index in [1.165, 1.54) is 0 Å². The molecule has 4 heteroatoms. The third-order valence-electron chi connectivity index (χ3n) is 3.24. The van der Waals surface area contributed by atoms with E-state index in [1.54, 1.807) is 32.2 Å². The molecule has 104 valence electrons. The molecule has 4 nitrogen and oxygen atoms in total. The molecule has 2 aromatic rings. The van der Waals surface area contributed by atoms with Crippen LogP contribution in [0, 0.1) is 0 Å². The molecule has 0 aliphatic heterocycles. The average molecular weight is 271 g/mol. The Labute approximate surface area is 118 Å². The zero-order valence-corrected chi connectivity index (χ0v) is 11.5. The number of carbonyl (C=O) groups is 1. The van der Waals surface area contributed by atoms with E-state index in [0.29, 0.717) is 17.0 Å². The summed E-state index contributed by atoms with van der Waals surface area (Å²) in [5.41, 5.74) is 0.182. The molecule has 2 aromatic carbocycles. The quantitative estimate of drug-likeness (QED) is 0.877. The van der Waals surface area contributed by atoms with E-state index in [2.05, 4.69) is 5.32 Å². The van der Waals surface area contributed by atoms with E-state index in [1.807, 2.05) is 36.4 Å². The molecule has 1 atom stereocenters. The van der Waals surface area contributed by atoms with Gasteiger partial charge >= 0.3 is 5.97 Å². The number of nitrogens with one attached hydrogen (secondary N) is 1. The summed E-state index contributed by atoms with van der Waals surface area (Å²) in [6, 6.07) is 16.3. The zero-order valence-electron chi connectivity index (χ0n) is 11.5. The van der Waals surface area contributed by atoms with Crippen molar-refractivity contribution in [2.45, 2.75) is 12.5 Å². The van der Waals surface area contributed by atoms with Crippen molar-refractivity contribution in [3.05, 3.63) is 60.2 Å². The normalized spacial score (nSPS) is 13.3. The van der Waals surface area contributed by atoms with E-state index in [9.17, 15) is 9.90 Å². The summed E-state index contributed by atoms with van der Waals surface area (Å²) in [6.07, 6.45) is 0. The lowest BCUT2D eigenvalue weighted by molar-refractivity contribution is -0.142. The largest absolute Gasteiger partial charge is 0.497 e. The minimum atomic E-state index is -1.20. The first-order valence-electron chi connectivity index (χ1n) is 6.27. The number of rotatable bonds is 5. The third kappa shape index (κ3) is 2.74. The van der Waals surface area contributed by atoms with Gasteiger partial charge in [0.15, 0.2) is 5.54 Å². The first kappa shape index (κ1) is 13.9. The van der Waals surface area contributed by atoms with E-state index in [4.69, 9.17) is 4.74 Å². The van der Waals surface area contributed by atoms with Gasteiger partial charge in [0.1, 0.15) is 5.75 Å². The Morgan fingerprint density at radius 1 is 1.15 bits per heavy atom. The van der Waals surface area contributed by atoms with Crippen molar-refractivity contribution < 1.29 is 14.6 Å². The highest BCUT2D eigenvalue weighted by Gasteiger charge is 2.35. The third-order valence-corrected chi connectivity index (χ3v) is 3.24. The molecule has 0 saturated heterocycles. The molecule has 0 bridgehead atoms. The number of hydrogen-bond acceptors (Lipinski definition) is 3. The van der Waals surface area contributed by atoms with Gasteiger partial charge in [-0.3, -0.25) is 0 Å². The molecule has 2 rings (SSSR count). The van der Waals surface area contributed by atoms with Crippen LogP contribution in [0.15, 0.2) is 54.6 Å². The van der Waals surface area contributed by atoms with Gasteiger partial charge in [0, 0.05) is 11.8 Å². The molecule has 0 aliphatic carbocycles. The van der Waals surface area contributed by atoms with Gasteiger partial charge in [0.2, 0.25) is 0 Å². The number of anilines is 1. The molecule has 0 aromatic heterocycles. The zero-order chi connectivity index (χ0) is 14.6. The lowest BCUT2D eigenvalue weighted by Gasteiger charge is -2.28. The van der Waals surface area contributed by atoms with Gasteiger partial charge in [-0.1, -0.05) is 36.4 Å². The molecule has 0 amide bonds. The molecule has 20 heavy (non-hydrogen) atoms. The Morgan fingerprint density at radius 2 is 1.85 bits per heavy atom. The minimum Gasteiger partial charge on any atom is -0.497 e. The van der Waals surface area contributed by atoms with Crippen molar-refractivity contribution in [1.29, 1.82) is 0 Å². The van der Waals surface area contributed by atoms with Gasteiger partial charge in [-0.2, -0.15) is 0 Å². The molecule has 0 radical (unpaired) electrons. The van der Waals surface area contributed by atoms with Crippen LogP contribution in [0.4, 0.5) is 5.69 Å². The fourth-order valence-corrected chi connectivity index (χ4v) is 2.01. The van der Waals surface area contributed by atoms with Crippen LogP contribution in [-0.2, 0) is 10.3 Å². The van der Waals surface area contributed by atoms with Crippen LogP contribution < -0.4 is 10.1 Å². The maximum Gasteiger partial charge on any atom is 0.333 e. The first-order valence-corrected chi connectivity index (χ1v) is 6.27. The van der Waals surface area contributed by atoms with Crippen LogP contribution >= 0.6 is 0 Å².